The van der Waals surface area contributed by atoms with Crippen LogP contribution < -0.4 is 0 Å². The van der Waals surface area contributed by atoms with Gasteiger partial charge in [0.15, 0.2) is 0 Å². The fourth-order valence-corrected chi connectivity index (χ4v) is 1.62. The maximum absolute atomic E-state index is 9.79. The molecule has 0 bridgehead atoms. The number of hydrogen-bond acceptors (Lipinski definition) is 5. The van der Waals surface area contributed by atoms with Crippen molar-refractivity contribution in [1.82, 2.24) is 0 Å². The highest BCUT2D eigenvalue weighted by molar-refractivity contribution is 4.89. The molecule has 0 aromatic carbocycles. The van der Waals surface area contributed by atoms with Gasteiger partial charge >= 0.3 is 0 Å². The first-order chi connectivity index (χ1) is 6.85. The van der Waals surface area contributed by atoms with E-state index in [2.05, 4.69) is 0 Å². The van der Waals surface area contributed by atoms with Gasteiger partial charge in [0.05, 0.1) is 18.8 Å². The summed E-state index contributed by atoms with van der Waals surface area (Å²) in [6.07, 6.45) is -3.17. The first-order valence-electron chi connectivity index (χ1n) is 5.11. The average molecular weight is 220 g/mol. The predicted molar refractivity (Wildman–Crippen MR) is 53.5 cm³/mol. The van der Waals surface area contributed by atoms with E-state index < -0.39 is 31.0 Å². The molecule has 1 aliphatic rings. The second-order valence-electron chi connectivity index (χ2n) is 4.81. The lowest BCUT2D eigenvalue weighted by atomic mass is 10.1. The highest BCUT2D eigenvalue weighted by Crippen LogP contribution is 2.24. The van der Waals surface area contributed by atoms with Crippen LogP contribution in [-0.4, -0.2) is 58.6 Å². The molecular weight excluding hydrogens is 200 g/mol. The fraction of sp³-hybridized carbons (Fsp3) is 1.00. The van der Waals surface area contributed by atoms with Crippen molar-refractivity contribution in [1.29, 1.82) is 0 Å². The zero-order valence-electron chi connectivity index (χ0n) is 9.38. The van der Waals surface area contributed by atoms with Gasteiger partial charge in [-0.2, -0.15) is 0 Å². The average Bonchev–Trinajstić information content (AvgIpc) is 2.45. The molecule has 1 rings (SSSR count). The van der Waals surface area contributed by atoms with E-state index in [1.165, 1.54) is 0 Å². The first kappa shape index (κ1) is 12.9. The maximum Gasteiger partial charge on any atom is 0.114 e. The SMILES string of the molecule is CC(C)(C)O[C@@H]1CO[C@H](C(O)CO)C1O. The van der Waals surface area contributed by atoms with Crippen molar-refractivity contribution in [3.8, 4) is 0 Å². The minimum atomic E-state index is -1.06. The molecule has 1 heterocycles. The Morgan fingerprint density at radius 1 is 1.47 bits per heavy atom. The Morgan fingerprint density at radius 3 is 2.53 bits per heavy atom. The van der Waals surface area contributed by atoms with Gasteiger partial charge in [0.2, 0.25) is 0 Å². The van der Waals surface area contributed by atoms with Crippen LogP contribution in [0.3, 0.4) is 0 Å². The van der Waals surface area contributed by atoms with E-state index in [1.807, 2.05) is 20.8 Å². The minimum Gasteiger partial charge on any atom is -0.394 e. The van der Waals surface area contributed by atoms with Crippen molar-refractivity contribution in [3.05, 3.63) is 0 Å². The molecule has 0 spiro atoms. The second kappa shape index (κ2) is 4.76. The summed E-state index contributed by atoms with van der Waals surface area (Å²) in [5.41, 5.74) is -0.367. The quantitative estimate of drug-likeness (QED) is 0.585. The van der Waals surface area contributed by atoms with Crippen LogP contribution in [0.4, 0.5) is 0 Å². The molecule has 3 N–H and O–H groups in total. The number of rotatable bonds is 3. The van der Waals surface area contributed by atoms with Crippen LogP contribution in [0.25, 0.3) is 0 Å². The lowest BCUT2D eigenvalue weighted by Crippen LogP contribution is -2.43. The summed E-state index contributed by atoms with van der Waals surface area (Å²) in [4.78, 5) is 0. The van der Waals surface area contributed by atoms with Crippen LogP contribution in [0, 0.1) is 0 Å². The summed E-state index contributed by atoms with van der Waals surface area (Å²) in [7, 11) is 0. The van der Waals surface area contributed by atoms with Gasteiger partial charge in [0, 0.05) is 0 Å². The normalized spacial score (nSPS) is 34.4. The van der Waals surface area contributed by atoms with Crippen LogP contribution in [0.2, 0.25) is 0 Å². The summed E-state index contributed by atoms with van der Waals surface area (Å²) in [6, 6.07) is 0. The smallest absolute Gasteiger partial charge is 0.114 e. The molecule has 0 saturated carbocycles. The summed E-state index contributed by atoms with van der Waals surface area (Å²) in [5.74, 6) is 0. The number of ether oxygens (including phenoxy) is 2. The monoisotopic (exact) mass is 220 g/mol. The first-order valence-corrected chi connectivity index (χ1v) is 5.11. The molecule has 0 aliphatic carbocycles. The third-order valence-electron chi connectivity index (χ3n) is 2.24. The van der Waals surface area contributed by atoms with Crippen LogP contribution >= 0.6 is 0 Å². The molecule has 5 heteroatoms. The van der Waals surface area contributed by atoms with Gasteiger partial charge in [-0.1, -0.05) is 0 Å². The van der Waals surface area contributed by atoms with E-state index >= 15 is 0 Å². The molecule has 2 unspecified atom stereocenters. The van der Waals surface area contributed by atoms with Crippen LogP contribution in [-0.2, 0) is 9.47 Å². The number of aliphatic hydroxyl groups is 3. The zero-order chi connectivity index (χ0) is 11.6. The summed E-state index contributed by atoms with van der Waals surface area (Å²) in [6.45, 7) is 5.46. The Morgan fingerprint density at radius 2 is 2.07 bits per heavy atom. The number of hydrogen-bond donors (Lipinski definition) is 3. The molecular formula is C10H20O5. The van der Waals surface area contributed by atoms with Crippen LogP contribution in [0.15, 0.2) is 0 Å². The largest absolute Gasteiger partial charge is 0.394 e. The Hall–Kier alpha value is -0.200. The van der Waals surface area contributed by atoms with E-state index in [9.17, 15) is 10.2 Å². The topological polar surface area (TPSA) is 79.2 Å². The Kier molecular flexibility index (Phi) is 4.08. The van der Waals surface area contributed by atoms with Crippen molar-refractivity contribution < 1.29 is 24.8 Å². The minimum absolute atomic E-state index is 0.236. The molecule has 1 fully saturated rings. The van der Waals surface area contributed by atoms with Gasteiger partial charge in [-0.05, 0) is 20.8 Å². The van der Waals surface area contributed by atoms with Gasteiger partial charge in [0.1, 0.15) is 24.4 Å². The standard InChI is InChI=1S/C10H20O5/c1-10(2,3)15-7-5-14-9(8(7)13)6(12)4-11/h6-9,11-13H,4-5H2,1-3H3/t6?,7-,8?,9-/m1/s1. The lowest BCUT2D eigenvalue weighted by Gasteiger charge is -2.27. The van der Waals surface area contributed by atoms with E-state index in [4.69, 9.17) is 14.6 Å². The highest BCUT2D eigenvalue weighted by atomic mass is 16.6. The molecule has 1 aliphatic heterocycles. The molecule has 0 aromatic heterocycles. The van der Waals surface area contributed by atoms with E-state index in [-0.39, 0.29) is 12.2 Å². The van der Waals surface area contributed by atoms with Crippen LogP contribution in [0.1, 0.15) is 20.8 Å². The van der Waals surface area contributed by atoms with Crippen molar-refractivity contribution in [2.75, 3.05) is 13.2 Å². The molecule has 0 amide bonds. The summed E-state index contributed by atoms with van der Waals surface area (Å²) in [5, 5.41) is 27.9. The zero-order valence-corrected chi connectivity index (χ0v) is 9.38. The molecule has 0 radical (unpaired) electrons. The Balaban J connectivity index is 2.52. The number of aliphatic hydroxyl groups excluding tert-OH is 3. The molecule has 0 aromatic rings. The summed E-state index contributed by atoms with van der Waals surface area (Å²) < 4.78 is 10.8. The Bertz CT molecular complexity index is 200. The van der Waals surface area contributed by atoms with Gasteiger partial charge in [0.25, 0.3) is 0 Å². The van der Waals surface area contributed by atoms with Crippen molar-refractivity contribution >= 4 is 0 Å². The van der Waals surface area contributed by atoms with Crippen LogP contribution in [0.5, 0.6) is 0 Å². The van der Waals surface area contributed by atoms with Gasteiger partial charge in [-0.25, -0.2) is 0 Å². The van der Waals surface area contributed by atoms with E-state index in [0.29, 0.717) is 0 Å². The van der Waals surface area contributed by atoms with Gasteiger partial charge < -0.3 is 24.8 Å². The Labute approximate surface area is 89.6 Å². The van der Waals surface area contributed by atoms with Crippen molar-refractivity contribution in [2.24, 2.45) is 0 Å². The summed E-state index contributed by atoms with van der Waals surface area (Å²) >= 11 is 0. The second-order valence-corrected chi connectivity index (χ2v) is 4.81. The fourth-order valence-electron chi connectivity index (χ4n) is 1.62. The third kappa shape index (κ3) is 3.39. The van der Waals surface area contributed by atoms with Crippen molar-refractivity contribution in [3.63, 3.8) is 0 Å². The predicted octanol–water partition coefficient (Wildman–Crippen LogP) is -0.717. The molecule has 4 atom stereocenters. The molecule has 15 heavy (non-hydrogen) atoms. The van der Waals surface area contributed by atoms with Crippen molar-refractivity contribution in [2.45, 2.75) is 50.8 Å². The molecule has 90 valence electrons. The van der Waals surface area contributed by atoms with E-state index in [1.54, 1.807) is 0 Å². The van der Waals surface area contributed by atoms with Gasteiger partial charge in [-0.3, -0.25) is 0 Å². The van der Waals surface area contributed by atoms with E-state index in [0.717, 1.165) is 0 Å². The lowest BCUT2D eigenvalue weighted by molar-refractivity contribution is -0.104. The molecule has 5 nitrogen and oxygen atoms in total. The highest BCUT2D eigenvalue weighted by Gasteiger charge is 2.42. The maximum atomic E-state index is 9.79. The molecule has 1 saturated heterocycles. The third-order valence-corrected chi connectivity index (χ3v) is 2.24. The van der Waals surface area contributed by atoms with Gasteiger partial charge in [-0.15, -0.1) is 0 Å².